The van der Waals surface area contributed by atoms with Gasteiger partial charge in [-0.05, 0) is 30.7 Å². The third-order valence-corrected chi connectivity index (χ3v) is 3.02. The summed E-state index contributed by atoms with van der Waals surface area (Å²) in [6.07, 6.45) is 5.64. The van der Waals surface area contributed by atoms with Crippen LogP contribution in [0.15, 0.2) is 30.7 Å². The normalized spacial score (nSPS) is 10.9. The van der Waals surface area contributed by atoms with Gasteiger partial charge in [-0.3, -0.25) is 0 Å². The molecule has 0 saturated carbocycles. The standard InChI is InChI=1S/C15H19F2N3/c1-2-6-18-7-5-13-10-20(11-19-13)9-12-3-4-14(16)15(17)8-12/h3-4,8,10-11,18H,2,5-7,9H2,1H3. The molecule has 1 N–H and O–H groups in total. The molecular weight excluding hydrogens is 260 g/mol. The van der Waals surface area contributed by atoms with Crippen molar-refractivity contribution < 1.29 is 8.78 Å². The average molecular weight is 279 g/mol. The van der Waals surface area contributed by atoms with Crippen molar-refractivity contribution in [1.29, 1.82) is 0 Å². The van der Waals surface area contributed by atoms with Crippen LogP contribution in [0.4, 0.5) is 8.78 Å². The Morgan fingerprint density at radius 2 is 2.05 bits per heavy atom. The van der Waals surface area contributed by atoms with Crippen molar-refractivity contribution in [2.24, 2.45) is 0 Å². The summed E-state index contributed by atoms with van der Waals surface area (Å²) >= 11 is 0. The zero-order chi connectivity index (χ0) is 14.4. The van der Waals surface area contributed by atoms with E-state index in [1.807, 2.05) is 10.8 Å². The van der Waals surface area contributed by atoms with Crippen LogP contribution in [0.3, 0.4) is 0 Å². The lowest BCUT2D eigenvalue weighted by atomic mass is 10.2. The second kappa shape index (κ2) is 7.14. The van der Waals surface area contributed by atoms with E-state index in [9.17, 15) is 8.78 Å². The smallest absolute Gasteiger partial charge is 0.159 e. The summed E-state index contributed by atoms with van der Waals surface area (Å²) in [7, 11) is 0. The van der Waals surface area contributed by atoms with E-state index in [0.717, 1.165) is 43.3 Å². The van der Waals surface area contributed by atoms with E-state index in [2.05, 4.69) is 17.2 Å². The zero-order valence-corrected chi connectivity index (χ0v) is 11.6. The number of halogens is 2. The minimum atomic E-state index is -0.818. The van der Waals surface area contributed by atoms with Crippen molar-refractivity contribution in [3.05, 3.63) is 53.6 Å². The van der Waals surface area contributed by atoms with Crippen LogP contribution in [-0.2, 0) is 13.0 Å². The maximum atomic E-state index is 13.1. The molecule has 0 aliphatic rings. The number of aromatic nitrogens is 2. The number of rotatable bonds is 7. The van der Waals surface area contributed by atoms with Gasteiger partial charge in [0, 0.05) is 25.7 Å². The Morgan fingerprint density at radius 3 is 2.80 bits per heavy atom. The number of benzene rings is 1. The van der Waals surface area contributed by atoms with Gasteiger partial charge in [-0.1, -0.05) is 13.0 Å². The lowest BCUT2D eigenvalue weighted by Gasteiger charge is -2.03. The molecule has 0 fully saturated rings. The van der Waals surface area contributed by atoms with Crippen LogP contribution in [0.2, 0.25) is 0 Å². The largest absolute Gasteiger partial charge is 0.333 e. The quantitative estimate of drug-likeness (QED) is 0.790. The van der Waals surface area contributed by atoms with Crippen molar-refractivity contribution in [3.8, 4) is 0 Å². The summed E-state index contributed by atoms with van der Waals surface area (Å²) in [6.45, 7) is 4.53. The van der Waals surface area contributed by atoms with Crippen molar-refractivity contribution in [1.82, 2.24) is 14.9 Å². The molecule has 108 valence electrons. The summed E-state index contributed by atoms with van der Waals surface area (Å²) in [5.41, 5.74) is 1.72. The minimum Gasteiger partial charge on any atom is -0.333 e. The topological polar surface area (TPSA) is 29.9 Å². The lowest BCUT2D eigenvalue weighted by Crippen LogP contribution is -2.17. The first-order valence-corrected chi connectivity index (χ1v) is 6.84. The molecule has 0 spiro atoms. The molecule has 0 aliphatic carbocycles. The second-order valence-corrected chi connectivity index (χ2v) is 4.79. The Labute approximate surface area is 117 Å². The van der Waals surface area contributed by atoms with Crippen molar-refractivity contribution in [3.63, 3.8) is 0 Å². The fourth-order valence-corrected chi connectivity index (χ4v) is 1.99. The molecule has 0 unspecified atom stereocenters. The van der Waals surface area contributed by atoms with Crippen LogP contribution in [0.5, 0.6) is 0 Å². The molecule has 0 atom stereocenters. The van der Waals surface area contributed by atoms with Crippen LogP contribution in [0.1, 0.15) is 24.6 Å². The van der Waals surface area contributed by atoms with E-state index >= 15 is 0 Å². The van der Waals surface area contributed by atoms with Gasteiger partial charge < -0.3 is 9.88 Å². The fraction of sp³-hybridized carbons (Fsp3) is 0.400. The van der Waals surface area contributed by atoms with E-state index < -0.39 is 11.6 Å². The third kappa shape index (κ3) is 4.13. The van der Waals surface area contributed by atoms with Gasteiger partial charge in [-0.15, -0.1) is 0 Å². The number of hydrogen-bond acceptors (Lipinski definition) is 2. The highest BCUT2D eigenvalue weighted by Gasteiger charge is 2.04. The maximum Gasteiger partial charge on any atom is 0.159 e. The summed E-state index contributed by atoms with van der Waals surface area (Å²) in [4.78, 5) is 4.31. The van der Waals surface area contributed by atoms with E-state index in [1.54, 1.807) is 12.4 Å². The molecule has 0 aliphatic heterocycles. The third-order valence-electron chi connectivity index (χ3n) is 3.02. The highest BCUT2D eigenvalue weighted by atomic mass is 19.2. The van der Waals surface area contributed by atoms with Gasteiger partial charge in [0.15, 0.2) is 11.6 Å². The van der Waals surface area contributed by atoms with Gasteiger partial charge in [0.25, 0.3) is 0 Å². The number of imidazole rings is 1. The number of hydrogen-bond donors (Lipinski definition) is 1. The summed E-state index contributed by atoms with van der Waals surface area (Å²) in [5, 5.41) is 3.32. The zero-order valence-electron chi connectivity index (χ0n) is 11.6. The van der Waals surface area contributed by atoms with Crippen LogP contribution in [0.25, 0.3) is 0 Å². The molecule has 20 heavy (non-hydrogen) atoms. The van der Waals surface area contributed by atoms with Crippen molar-refractivity contribution in [2.45, 2.75) is 26.3 Å². The second-order valence-electron chi connectivity index (χ2n) is 4.79. The molecule has 0 amide bonds. The Hall–Kier alpha value is -1.75. The summed E-state index contributed by atoms with van der Waals surface area (Å²) in [5.74, 6) is -1.63. The molecule has 1 aromatic heterocycles. The molecular formula is C15H19F2N3. The fourth-order valence-electron chi connectivity index (χ4n) is 1.99. The van der Waals surface area contributed by atoms with Gasteiger partial charge in [-0.25, -0.2) is 13.8 Å². The Kier molecular flexibility index (Phi) is 5.24. The maximum absolute atomic E-state index is 13.1. The Morgan fingerprint density at radius 1 is 1.20 bits per heavy atom. The molecule has 1 aromatic carbocycles. The van der Waals surface area contributed by atoms with E-state index in [-0.39, 0.29) is 0 Å². The molecule has 0 radical (unpaired) electrons. The van der Waals surface area contributed by atoms with Gasteiger partial charge >= 0.3 is 0 Å². The first-order chi connectivity index (χ1) is 9.69. The van der Waals surface area contributed by atoms with E-state index in [4.69, 9.17) is 0 Å². The van der Waals surface area contributed by atoms with Crippen LogP contribution >= 0.6 is 0 Å². The minimum absolute atomic E-state index is 0.493. The van der Waals surface area contributed by atoms with Crippen LogP contribution in [-0.4, -0.2) is 22.6 Å². The Bertz CT molecular complexity index is 552. The molecule has 3 nitrogen and oxygen atoms in total. The molecule has 2 aromatic rings. The highest BCUT2D eigenvalue weighted by molar-refractivity contribution is 5.18. The summed E-state index contributed by atoms with van der Waals surface area (Å²) in [6, 6.07) is 3.95. The van der Waals surface area contributed by atoms with Crippen molar-refractivity contribution in [2.75, 3.05) is 13.1 Å². The number of nitrogens with one attached hydrogen (secondary N) is 1. The van der Waals surface area contributed by atoms with E-state index in [0.29, 0.717) is 6.54 Å². The van der Waals surface area contributed by atoms with Crippen LogP contribution in [0, 0.1) is 11.6 Å². The highest BCUT2D eigenvalue weighted by Crippen LogP contribution is 2.10. The van der Waals surface area contributed by atoms with E-state index in [1.165, 1.54) is 6.07 Å². The van der Waals surface area contributed by atoms with Gasteiger partial charge in [-0.2, -0.15) is 0 Å². The van der Waals surface area contributed by atoms with Crippen LogP contribution < -0.4 is 5.32 Å². The predicted octanol–water partition coefficient (Wildman–Crippen LogP) is 2.75. The first kappa shape index (κ1) is 14.7. The monoisotopic (exact) mass is 279 g/mol. The molecule has 2 rings (SSSR count). The summed E-state index contributed by atoms with van der Waals surface area (Å²) < 4.78 is 27.8. The van der Waals surface area contributed by atoms with Gasteiger partial charge in [0.05, 0.1) is 12.0 Å². The van der Waals surface area contributed by atoms with Gasteiger partial charge in [0.1, 0.15) is 0 Å². The predicted molar refractivity (Wildman–Crippen MR) is 74.6 cm³/mol. The van der Waals surface area contributed by atoms with Gasteiger partial charge in [0.2, 0.25) is 0 Å². The molecule has 0 saturated heterocycles. The lowest BCUT2D eigenvalue weighted by molar-refractivity contribution is 0.506. The first-order valence-electron chi connectivity index (χ1n) is 6.84. The Balaban J connectivity index is 1.90. The van der Waals surface area contributed by atoms with Crippen molar-refractivity contribution >= 4 is 0 Å². The SMILES string of the molecule is CCCNCCc1cn(Cc2ccc(F)c(F)c2)cn1. The molecule has 1 heterocycles. The number of nitrogens with zero attached hydrogens (tertiary/aromatic N) is 2. The molecule has 0 bridgehead atoms. The molecule has 5 heteroatoms. The average Bonchev–Trinajstić information content (AvgIpc) is 2.87.